The molecular weight excluding hydrogens is 298 g/mol. The van der Waals surface area contributed by atoms with Crippen molar-refractivity contribution < 1.29 is 19.1 Å². The molecule has 0 fully saturated rings. The minimum Gasteiger partial charge on any atom is -0.469 e. The van der Waals surface area contributed by atoms with Crippen LogP contribution in [-0.2, 0) is 14.3 Å². The highest BCUT2D eigenvalue weighted by Crippen LogP contribution is 2.09. The summed E-state index contributed by atoms with van der Waals surface area (Å²) in [5.74, 6) is -1.02. The minimum absolute atomic E-state index is 0.172. The van der Waals surface area contributed by atoms with Crippen molar-refractivity contribution in [2.24, 2.45) is 5.92 Å². The monoisotopic (exact) mass is 321 g/mol. The number of carbonyl (C=O) groups excluding carboxylic acids is 3. The van der Waals surface area contributed by atoms with E-state index < -0.39 is 5.92 Å². The van der Waals surface area contributed by atoms with Crippen molar-refractivity contribution in [3.05, 3.63) is 30.3 Å². The molecule has 23 heavy (non-hydrogen) atoms. The number of esters is 1. The molecule has 1 aromatic carbocycles. The second-order valence-electron chi connectivity index (χ2n) is 5.15. The molecule has 1 aromatic rings. The quantitative estimate of drug-likeness (QED) is 0.744. The fraction of sp³-hybridized carbons (Fsp3) is 0.438. The summed E-state index contributed by atoms with van der Waals surface area (Å²) in [6.07, 6.45) is 0. The molecule has 0 saturated carbocycles. The third kappa shape index (κ3) is 6.82. The first-order chi connectivity index (χ1) is 10.9. The van der Waals surface area contributed by atoms with E-state index in [1.165, 1.54) is 18.9 Å². The Morgan fingerprint density at radius 3 is 2.43 bits per heavy atom. The Labute approximate surface area is 136 Å². The molecule has 7 nitrogen and oxygen atoms in total. The van der Waals surface area contributed by atoms with E-state index >= 15 is 0 Å². The summed E-state index contributed by atoms with van der Waals surface area (Å²) < 4.78 is 4.69. The van der Waals surface area contributed by atoms with Gasteiger partial charge >= 0.3 is 12.0 Å². The summed E-state index contributed by atoms with van der Waals surface area (Å²) in [5.41, 5.74) is 0.660. The van der Waals surface area contributed by atoms with Crippen molar-refractivity contribution in [3.8, 4) is 0 Å². The predicted octanol–water partition coefficient (Wildman–Crippen LogP) is 1.47. The van der Waals surface area contributed by atoms with Crippen LogP contribution in [0.15, 0.2) is 30.3 Å². The number of nitrogens with one attached hydrogen (secondary N) is 2. The largest absolute Gasteiger partial charge is 0.469 e. The zero-order valence-corrected chi connectivity index (χ0v) is 13.7. The molecule has 1 rings (SSSR count). The number of rotatable bonds is 7. The summed E-state index contributed by atoms with van der Waals surface area (Å²) in [5, 5.41) is 5.40. The van der Waals surface area contributed by atoms with Crippen LogP contribution in [0.4, 0.5) is 10.5 Å². The normalized spacial score (nSPS) is 11.3. The topological polar surface area (TPSA) is 87.7 Å². The second kappa shape index (κ2) is 9.45. The van der Waals surface area contributed by atoms with Crippen molar-refractivity contribution in [1.29, 1.82) is 0 Å². The van der Waals surface area contributed by atoms with Gasteiger partial charge in [-0.25, -0.2) is 4.79 Å². The highest BCUT2D eigenvalue weighted by Gasteiger charge is 2.21. The Hall–Kier alpha value is -2.57. The van der Waals surface area contributed by atoms with Crippen molar-refractivity contribution >= 4 is 23.6 Å². The first-order valence-electron chi connectivity index (χ1n) is 7.37. The molecule has 0 saturated heterocycles. The zero-order valence-electron chi connectivity index (χ0n) is 13.7. The lowest BCUT2D eigenvalue weighted by molar-refractivity contribution is -0.145. The van der Waals surface area contributed by atoms with E-state index in [-0.39, 0.29) is 24.5 Å². The van der Waals surface area contributed by atoms with Gasteiger partial charge in [0.25, 0.3) is 0 Å². The van der Waals surface area contributed by atoms with Crippen LogP contribution < -0.4 is 10.6 Å². The lowest BCUT2D eigenvalue weighted by atomic mass is 10.1. The number of benzene rings is 1. The van der Waals surface area contributed by atoms with Gasteiger partial charge in [0.15, 0.2) is 0 Å². The van der Waals surface area contributed by atoms with Gasteiger partial charge < -0.3 is 20.3 Å². The highest BCUT2D eigenvalue weighted by molar-refractivity contribution is 5.89. The Balaban J connectivity index is 2.70. The zero-order chi connectivity index (χ0) is 17.2. The Kier molecular flexibility index (Phi) is 7.59. The van der Waals surface area contributed by atoms with Gasteiger partial charge in [-0.3, -0.25) is 9.59 Å². The van der Waals surface area contributed by atoms with E-state index in [1.54, 1.807) is 19.1 Å². The number of hydrogen-bond donors (Lipinski definition) is 2. The maximum atomic E-state index is 12.4. The number of ether oxygens (including phenoxy) is 1. The van der Waals surface area contributed by atoms with Crippen molar-refractivity contribution in [1.82, 2.24) is 10.2 Å². The molecule has 0 aliphatic carbocycles. The molecule has 0 aliphatic heterocycles. The number of para-hydroxylation sites is 1. The van der Waals surface area contributed by atoms with Crippen LogP contribution >= 0.6 is 0 Å². The molecule has 1 atom stereocenters. The summed E-state index contributed by atoms with van der Waals surface area (Å²) in [6, 6.07) is 8.69. The summed E-state index contributed by atoms with van der Waals surface area (Å²) in [4.78, 5) is 36.4. The van der Waals surface area contributed by atoms with Crippen LogP contribution in [0.1, 0.15) is 13.8 Å². The third-order valence-corrected chi connectivity index (χ3v) is 3.17. The number of amides is 3. The van der Waals surface area contributed by atoms with Gasteiger partial charge in [0, 0.05) is 32.2 Å². The molecule has 3 amide bonds. The molecule has 0 spiro atoms. The lowest BCUT2D eigenvalue weighted by Crippen LogP contribution is -2.43. The molecule has 0 heterocycles. The summed E-state index contributed by atoms with van der Waals surface area (Å²) >= 11 is 0. The minimum atomic E-state index is -0.459. The Morgan fingerprint density at radius 2 is 1.87 bits per heavy atom. The molecule has 7 heteroatoms. The fourth-order valence-electron chi connectivity index (χ4n) is 1.97. The van der Waals surface area contributed by atoms with E-state index in [1.807, 2.05) is 18.2 Å². The molecule has 1 unspecified atom stereocenters. The second-order valence-corrected chi connectivity index (χ2v) is 5.15. The van der Waals surface area contributed by atoms with Gasteiger partial charge in [0.1, 0.15) is 0 Å². The first kappa shape index (κ1) is 18.5. The summed E-state index contributed by atoms with van der Waals surface area (Å²) in [7, 11) is 1.31. The van der Waals surface area contributed by atoms with Gasteiger partial charge in [0.2, 0.25) is 5.91 Å². The van der Waals surface area contributed by atoms with Crippen LogP contribution in [-0.4, -0.2) is 49.6 Å². The molecule has 0 radical (unpaired) electrons. The average molecular weight is 321 g/mol. The van der Waals surface area contributed by atoms with Crippen LogP contribution in [0.5, 0.6) is 0 Å². The smallest absolute Gasteiger partial charge is 0.321 e. The molecule has 0 aromatic heterocycles. The highest BCUT2D eigenvalue weighted by atomic mass is 16.5. The molecular formula is C16H23N3O4. The average Bonchev–Trinajstić information content (AvgIpc) is 2.53. The SMILES string of the molecule is COC(=O)C(C)CN(CCNC(C)=O)C(=O)Nc1ccccc1. The van der Waals surface area contributed by atoms with Gasteiger partial charge in [0.05, 0.1) is 13.0 Å². The number of carbonyl (C=O) groups is 3. The fourth-order valence-corrected chi connectivity index (χ4v) is 1.97. The number of hydrogen-bond acceptors (Lipinski definition) is 4. The predicted molar refractivity (Wildman–Crippen MR) is 86.9 cm³/mol. The van der Waals surface area contributed by atoms with Crippen LogP contribution in [0.3, 0.4) is 0 Å². The van der Waals surface area contributed by atoms with Crippen molar-refractivity contribution in [2.45, 2.75) is 13.8 Å². The van der Waals surface area contributed by atoms with Gasteiger partial charge in [-0.2, -0.15) is 0 Å². The van der Waals surface area contributed by atoms with E-state index in [4.69, 9.17) is 0 Å². The van der Waals surface area contributed by atoms with E-state index in [9.17, 15) is 14.4 Å². The van der Waals surface area contributed by atoms with Gasteiger partial charge in [-0.05, 0) is 12.1 Å². The van der Waals surface area contributed by atoms with Crippen molar-refractivity contribution in [2.75, 3.05) is 32.1 Å². The van der Waals surface area contributed by atoms with Crippen molar-refractivity contribution in [3.63, 3.8) is 0 Å². The van der Waals surface area contributed by atoms with E-state index in [0.29, 0.717) is 18.8 Å². The number of anilines is 1. The number of methoxy groups -OCH3 is 1. The molecule has 126 valence electrons. The molecule has 0 bridgehead atoms. The van der Waals surface area contributed by atoms with Crippen LogP contribution in [0, 0.1) is 5.92 Å². The third-order valence-electron chi connectivity index (χ3n) is 3.17. The molecule has 2 N–H and O–H groups in total. The maximum Gasteiger partial charge on any atom is 0.321 e. The maximum absolute atomic E-state index is 12.4. The van der Waals surface area contributed by atoms with E-state index in [2.05, 4.69) is 15.4 Å². The van der Waals surface area contributed by atoms with Gasteiger partial charge in [-0.1, -0.05) is 25.1 Å². The number of nitrogens with zero attached hydrogens (tertiary/aromatic N) is 1. The summed E-state index contributed by atoms with van der Waals surface area (Å²) in [6.45, 7) is 3.90. The molecule has 0 aliphatic rings. The Morgan fingerprint density at radius 1 is 1.22 bits per heavy atom. The first-order valence-corrected chi connectivity index (χ1v) is 7.37. The van der Waals surface area contributed by atoms with E-state index in [0.717, 1.165) is 0 Å². The van der Waals surface area contributed by atoms with Crippen LogP contribution in [0.25, 0.3) is 0 Å². The van der Waals surface area contributed by atoms with Gasteiger partial charge in [-0.15, -0.1) is 0 Å². The van der Waals surface area contributed by atoms with Crippen LogP contribution in [0.2, 0.25) is 0 Å². The standard InChI is InChI=1S/C16H23N3O4/c1-12(15(21)23-3)11-19(10-9-17-13(2)20)16(22)18-14-7-5-4-6-8-14/h4-8,12H,9-11H2,1-3H3,(H,17,20)(H,18,22). The number of urea groups is 1. The lowest BCUT2D eigenvalue weighted by Gasteiger charge is -2.25. The Bertz CT molecular complexity index is 533.